The third-order valence-electron chi connectivity index (χ3n) is 4.78. The average Bonchev–Trinajstić information content (AvgIpc) is 2.99. The van der Waals surface area contributed by atoms with Crippen molar-refractivity contribution in [2.75, 3.05) is 25.5 Å². The first kappa shape index (κ1) is 17.4. The quantitative estimate of drug-likeness (QED) is 0.899. The van der Waals surface area contributed by atoms with E-state index in [1.54, 1.807) is 24.6 Å². The molecule has 4 rings (SSSR count). The predicted molar refractivity (Wildman–Crippen MR) is 106 cm³/mol. The molecule has 0 radical (unpaired) electrons. The lowest BCUT2D eigenvalue weighted by Crippen LogP contribution is -2.29. The molecule has 0 unspecified atom stereocenters. The Morgan fingerprint density at radius 3 is 2.81 bits per heavy atom. The van der Waals surface area contributed by atoms with Crippen molar-refractivity contribution in [3.63, 3.8) is 0 Å². The molecule has 0 atom stereocenters. The highest BCUT2D eigenvalue weighted by atomic mass is 16.6. The zero-order chi connectivity index (χ0) is 18.5. The normalized spacial score (nSPS) is 17.9. The van der Waals surface area contributed by atoms with Gasteiger partial charge in [0, 0.05) is 12.4 Å². The lowest BCUT2D eigenvalue weighted by molar-refractivity contribution is 0.255. The van der Waals surface area contributed by atoms with Gasteiger partial charge in [0.15, 0.2) is 5.76 Å². The summed E-state index contributed by atoms with van der Waals surface area (Å²) < 4.78 is 0. The molecule has 27 heavy (non-hydrogen) atoms. The van der Waals surface area contributed by atoms with Crippen LogP contribution in [0, 0.1) is 0 Å². The summed E-state index contributed by atoms with van der Waals surface area (Å²) in [4.78, 5) is 21.0. The van der Waals surface area contributed by atoms with E-state index >= 15 is 0 Å². The molecule has 0 bridgehead atoms. The molecule has 7 nitrogen and oxygen atoms in total. The highest BCUT2D eigenvalue weighted by Crippen LogP contribution is 2.27. The molecule has 2 aliphatic rings. The molecule has 1 N–H and O–H groups in total. The van der Waals surface area contributed by atoms with Gasteiger partial charge in [-0.3, -0.25) is 0 Å². The van der Waals surface area contributed by atoms with Crippen LogP contribution in [0.2, 0.25) is 0 Å². The molecule has 138 valence electrons. The van der Waals surface area contributed by atoms with Crippen LogP contribution in [0.1, 0.15) is 30.0 Å². The van der Waals surface area contributed by atoms with Crippen molar-refractivity contribution in [2.24, 2.45) is 5.16 Å². The number of piperidine rings is 1. The lowest BCUT2D eigenvalue weighted by Gasteiger charge is -2.29. The van der Waals surface area contributed by atoms with Crippen LogP contribution in [0.25, 0.3) is 5.76 Å². The zero-order valence-corrected chi connectivity index (χ0v) is 15.2. The van der Waals surface area contributed by atoms with Crippen molar-refractivity contribution in [3.05, 3.63) is 60.1 Å². The minimum atomic E-state index is 0.466. The van der Waals surface area contributed by atoms with Gasteiger partial charge in [-0.25, -0.2) is 15.0 Å². The second-order valence-corrected chi connectivity index (χ2v) is 6.71. The Morgan fingerprint density at radius 2 is 2.00 bits per heavy atom. The summed E-state index contributed by atoms with van der Waals surface area (Å²) in [7, 11) is 2.17. The van der Waals surface area contributed by atoms with Crippen molar-refractivity contribution in [1.82, 2.24) is 19.9 Å². The summed E-state index contributed by atoms with van der Waals surface area (Å²) in [5.74, 6) is 2.34. The molecular weight excluding hydrogens is 340 g/mol. The third-order valence-corrected chi connectivity index (χ3v) is 4.78. The summed E-state index contributed by atoms with van der Waals surface area (Å²) in [6.07, 6.45) is 13.0. The first-order valence-electron chi connectivity index (χ1n) is 9.10. The smallest absolute Gasteiger partial charge is 0.229 e. The fourth-order valence-electron chi connectivity index (χ4n) is 3.21. The van der Waals surface area contributed by atoms with Gasteiger partial charge < -0.3 is 15.1 Å². The molecule has 2 aliphatic heterocycles. The highest BCUT2D eigenvalue weighted by Gasteiger charge is 2.18. The van der Waals surface area contributed by atoms with Gasteiger partial charge in [-0.1, -0.05) is 17.3 Å². The van der Waals surface area contributed by atoms with Crippen LogP contribution < -0.4 is 5.32 Å². The Morgan fingerprint density at radius 1 is 1.11 bits per heavy atom. The first-order valence-corrected chi connectivity index (χ1v) is 9.10. The number of oxime groups is 1. The summed E-state index contributed by atoms with van der Waals surface area (Å²) in [6, 6.07) is 5.91. The molecule has 1 fully saturated rings. The van der Waals surface area contributed by atoms with Crippen LogP contribution in [-0.2, 0) is 4.84 Å². The maximum absolute atomic E-state index is 5.32. The SMILES string of the molecule is CN1CCC(c2ccc(Nc3nccc(C4=CC=CC=NO4)n3)nc2)CC1. The number of nitrogens with zero attached hydrogens (tertiary/aromatic N) is 5. The molecule has 1 saturated heterocycles. The Kier molecular flexibility index (Phi) is 5.20. The second-order valence-electron chi connectivity index (χ2n) is 6.71. The number of allylic oxidation sites excluding steroid dienone is 3. The molecule has 0 spiro atoms. The van der Waals surface area contributed by atoms with E-state index < -0.39 is 0 Å². The van der Waals surface area contributed by atoms with Gasteiger partial charge in [0.25, 0.3) is 0 Å². The number of hydrogen-bond donors (Lipinski definition) is 1. The Labute approximate surface area is 158 Å². The fourth-order valence-corrected chi connectivity index (χ4v) is 3.21. The summed E-state index contributed by atoms with van der Waals surface area (Å²) in [5, 5.41) is 6.98. The highest BCUT2D eigenvalue weighted by molar-refractivity contribution is 5.74. The van der Waals surface area contributed by atoms with Crippen molar-refractivity contribution < 1.29 is 4.84 Å². The van der Waals surface area contributed by atoms with Gasteiger partial charge in [0.05, 0.1) is 6.21 Å². The standard InChI is InChI=1S/C20H22N6O/c1-26-12-8-15(9-13-26)16-5-6-19(22-14-16)25-20-21-11-7-17(24-20)18-4-2-3-10-23-27-18/h2-7,10-11,14-15H,8-9,12-13H2,1H3,(H,21,22,24,25). The minimum absolute atomic E-state index is 0.466. The lowest BCUT2D eigenvalue weighted by atomic mass is 9.91. The Balaban J connectivity index is 1.45. The van der Waals surface area contributed by atoms with E-state index in [1.165, 1.54) is 18.4 Å². The number of anilines is 2. The van der Waals surface area contributed by atoms with Crippen LogP contribution >= 0.6 is 0 Å². The average molecular weight is 362 g/mol. The van der Waals surface area contributed by atoms with Gasteiger partial charge in [-0.15, -0.1) is 0 Å². The largest absolute Gasteiger partial charge is 0.355 e. The predicted octanol–water partition coefficient (Wildman–Crippen LogP) is 3.34. The van der Waals surface area contributed by atoms with Gasteiger partial charge in [-0.05, 0) is 68.7 Å². The van der Waals surface area contributed by atoms with E-state index in [-0.39, 0.29) is 0 Å². The van der Waals surface area contributed by atoms with Crippen molar-refractivity contribution in [2.45, 2.75) is 18.8 Å². The van der Waals surface area contributed by atoms with Gasteiger partial charge >= 0.3 is 0 Å². The number of nitrogens with one attached hydrogen (secondary N) is 1. The monoisotopic (exact) mass is 362 g/mol. The molecule has 0 saturated carbocycles. The van der Waals surface area contributed by atoms with E-state index in [9.17, 15) is 0 Å². The van der Waals surface area contributed by atoms with Gasteiger partial charge in [0.2, 0.25) is 5.95 Å². The Bertz CT molecular complexity index is 866. The number of aromatic nitrogens is 3. The maximum atomic E-state index is 5.32. The van der Waals surface area contributed by atoms with Crippen molar-refractivity contribution in [3.8, 4) is 0 Å². The molecule has 0 aromatic carbocycles. The van der Waals surface area contributed by atoms with Crippen molar-refractivity contribution in [1.29, 1.82) is 0 Å². The fraction of sp³-hybridized carbons (Fsp3) is 0.300. The minimum Gasteiger partial charge on any atom is -0.355 e. The molecule has 0 aliphatic carbocycles. The van der Waals surface area contributed by atoms with Crippen LogP contribution in [-0.4, -0.2) is 46.2 Å². The molecular formula is C20H22N6O. The number of likely N-dealkylation sites (tertiary alicyclic amines) is 1. The van der Waals surface area contributed by atoms with E-state index in [2.05, 4.69) is 43.4 Å². The summed E-state index contributed by atoms with van der Waals surface area (Å²) in [6.45, 7) is 2.28. The molecule has 0 amide bonds. The zero-order valence-electron chi connectivity index (χ0n) is 15.2. The molecule has 2 aromatic rings. The molecule has 4 heterocycles. The number of rotatable bonds is 4. The van der Waals surface area contributed by atoms with E-state index in [4.69, 9.17) is 4.84 Å². The van der Waals surface area contributed by atoms with Crippen LogP contribution in [0.3, 0.4) is 0 Å². The first-order chi connectivity index (χ1) is 13.3. The van der Waals surface area contributed by atoms with Crippen LogP contribution in [0.4, 0.5) is 11.8 Å². The summed E-state index contributed by atoms with van der Waals surface area (Å²) in [5.41, 5.74) is 1.95. The Hall–Kier alpha value is -3.06. The third kappa shape index (κ3) is 4.38. The van der Waals surface area contributed by atoms with E-state index in [1.807, 2.05) is 24.4 Å². The topological polar surface area (TPSA) is 75.5 Å². The number of pyridine rings is 1. The molecule has 7 heteroatoms. The van der Waals surface area contributed by atoms with E-state index in [0.29, 0.717) is 23.3 Å². The van der Waals surface area contributed by atoms with Crippen LogP contribution in [0.15, 0.2) is 54.0 Å². The van der Waals surface area contributed by atoms with Gasteiger partial charge in [-0.2, -0.15) is 0 Å². The maximum Gasteiger partial charge on any atom is 0.229 e. The number of hydrogen-bond acceptors (Lipinski definition) is 7. The van der Waals surface area contributed by atoms with Crippen molar-refractivity contribution >= 4 is 23.7 Å². The second kappa shape index (κ2) is 8.09. The van der Waals surface area contributed by atoms with E-state index in [0.717, 1.165) is 18.9 Å². The van der Waals surface area contributed by atoms with Gasteiger partial charge in [0.1, 0.15) is 11.5 Å². The summed E-state index contributed by atoms with van der Waals surface area (Å²) >= 11 is 0. The molecule has 2 aromatic heterocycles. The van der Waals surface area contributed by atoms with Crippen LogP contribution in [0.5, 0.6) is 0 Å².